The van der Waals surface area contributed by atoms with Gasteiger partial charge in [0.25, 0.3) is 5.56 Å². The summed E-state index contributed by atoms with van der Waals surface area (Å²) in [5, 5.41) is 7.09. The zero-order valence-electron chi connectivity index (χ0n) is 19.7. The Hall–Kier alpha value is -2.42. The van der Waals surface area contributed by atoms with Gasteiger partial charge in [0.2, 0.25) is 0 Å². The van der Waals surface area contributed by atoms with Crippen LogP contribution in [0.5, 0.6) is 5.75 Å². The van der Waals surface area contributed by atoms with Crippen molar-refractivity contribution >= 4 is 39.6 Å². The Labute approximate surface area is 205 Å². The molecule has 0 atom stereocenters. The van der Waals surface area contributed by atoms with E-state index in [1.54, 1.807) is 11.3 Å². The Kier molecular flexibility index (Phi) is 9.72. The maximum atomic E-state index is 12.8. The number of pyridine rings is 1. The zero-order chi connectivity index (χ0) is 23.6. The maximum Gasteiger partial charge on any atom is 0.253 e. The summed E-state index contributed by atoms with van der Waals surface area (Å²) in [7, 11) is 0. The van der Waals surface area contributed by atoms with Crippen LogP contribution < -0.4 is 15.6 Å². The van der Waals surface area contributed by atoms with E-state index >= 15 is 0 Å². The number of benzene rings is 1. The molecule has 0 amide bonds. The van der Waals surface area contributed by atoms with Gasteiger partial charge in [0, 0.05) is 27.9 Å². The molecule has 178 valence electrons. The minimum atomic E-state index is -0.0906. The van der Waals surface area contributed by atoms with E-state index in [1.807, 2.05) is 37.3 Å². The fraction of sp³-hybridized carbons (Fsp3) is 0.440. The molecule has 0 saturated carbocycles. The molecule has 0 aliphatic rings. The summed E-state index contributed by atoms with van der Waals surface area (Å²) in [4.78, 5) is 21.5. The van der Waals surface area contributed by atoms with E-state index < -0.39 is 0 Å². The number of ether oxygens (including phenoxy) is 1. The molecular weight excluding hydrogens is 452 g/mol. The number of hydrogen-bond acceptors (Lipinski definition) is 5. The van der Waals surface area contributed by atoms with Crippen LogP contribution in [0.2, 0.25) is 0 Å². The number of nitrogens with zero attached hydrogens (tertiary/aromatic N) is 2. The van der Waals surface area contributed by atoms with Crippen molar-refractivity contribution in [2.24, 2.45) is 0 Å². The minimum absolute atomic E-state index is 0.0906. The highest BCUT2D eigenvalue weighted by Crippen LogP contribution is 2.20. The Morgan fingerprint density at radius 3 is 2.67 bits per heavy atom. The van der Waals surface area contributed by atoms with Crippen LogP contribution in [0, 0.1) is 0 Å². The van der Waals surface area contributed by atoms with Crippen LogP contribution in [0.4, 0.5) is 0 Å². The molecule has 0 spiro atoms. The van der Waals surface area contributed by atoms with Gasteiger partial charge >= 0.3 is 0 Å². The number of H-pyrrole nitrogens is 1. The molecule has 0 saturated heterocycles. The summed E-state index contributed by atoms with van der Waals surface area (Å²) in [6, 6.07) is 11.8. The minimum Gasteiger partial charge on any atom is -0.494 e. The second-order valence-corrected chi connectivity index (χ2v) is 9.27. The molecule has 0 unspecified atom stereocenters. The molecular formula is C25H34N4O2S2. The van der Waals surface area contributed by atoms with Crippen LogP contribution in [-0.2, 0) is 13.1 Å². The zero-order valence-corrected chi connectivity index (χ0v) is 21.4. The fourth-order valence-corrected chi connectivity index (χ4v) is 4.70. The molecule has 3 aromatic rings. The molecule has 0 aliphatic heterocycles. The van der Waals surface area contributed by atoms with Crippen molar-refractivity contribution in [1.82, 2.24) is 20.1 Å². The normalized spacial score (nSPS) is 11.2. The van der Waals surface area contributed by atoms with Crippen LogP contribution in [0.1, 0.15) is 37.6 Å². The first kappa shape index (κ1) is 25.2. The smallest absolute Gasteiger partial charge is 0.253 e. The van der Waals surface area contributed by atoms with Gasteiger partial charge in [-0.25, -0.2) is 0 Å². The van der Waals surface area contributed by atoms with Gasteiger partial charge in [0.05, 0.1) is 19.7 Å². The summed E-state index contributed by atoms with van der Waals surface area (Å²) in [6.45, 7) is 12.0. The van der Waals surface area contributed by atoms with Gasteiger partial charge in [0.1, 0.15) is 5.75 Å². The highest BCUT2D eigenvalue weighted by atomic mass is 32.1. The number of rotatable bonds is 12. The van der Waals surface area contributed by atoms with Gasteiger partial charge in [-0.2, -0.15) is 0 Å². The summed E-state index contributed by atoms with van der Waals surface area (Å²) in [5.74, 6) is 0.795. The summed E-state index contributed by atoms with van der Waals surface area (Å²) < 4.78 is 5.63. The molecule has 6 nitrogen and oxygen atoms in total. The topological polar surface area (TPSA) is 60.6 Å². The van der Waals surface area contributed by atoms with Crippen molar-refractivity contribution in [2.45, 2.75) is 40.3 Å². The monoisotopic (exact) mass is 486 g/mol. The molecule has 3 rings (SSSR count). The van der Waals surface area contributed by atoms with E-state index in [-0.39, 0.29) is 5.56 Å². The molecule has 33 heavy (non-hydrogen) atoms. The third kappa shape index (κ3) is 7.28. The first-order chi connectivity index (χ1) is 16.0. The summed E-state index contributed by atoms with van der Waals surface area (Å²) >= 11 is 7.44. The molecule has 0 bridgehead atoms. The van der Waals surface area contributed by atoms with E-state index in [2.05, 4.69) is 45.4 Å². The third-order valence-electron chi connectivity index (χ3n) is 5.60. The Morgan fingerprint density at radius 2 is 1.97 bits per heavy atom. The number of fused-ring (bicyclic) bond motifs is 1. The van der Waals surface area contributed by atoms with Gasteiger partial charge in [-0.05, 0) is 80.9 Å². The lowest BCUT2D eigenvalue weighted by molar-refractivity contribution is 0.299. The Bertz CT molecular complexity index is 1080. The number of aromatic amines is 1. The summed E-state index contributed by atoms with van der Waals surface area (Å²) in [5.41, 5.74) is 1.39. The molecule has 0 fully saturated rings. The maximum absolute atomic E-state index is 12.8. The van der Waals surface area contributed by atoms with Crippen LogP contribution in [0.15, 0.2) is 46.6 Å². The van der Waals surface area contributed by atoms with Crippen molar-refractivity contribution in [1.29, 1.82) is 0 Å². The molecule has 0 radical (unpaired) electrons. The van der Waals surface area contributed by atoms with Crippen molar-refractivity contribution in [3.63, 3.8) is 0 Å². The van der Waals surface area contributed by atoms with Gasteiger partial charge in [-0.1, -0.05) is 19.9 Å². The van der Waals surface area contributed by atoms with Crippen LogP contribution in [0.3, 0.4) is 0 Å². The highest BCUT2D eigenvalue weighted by molar-refractivity contribution is 7.80. The van der Waals surface area contributed by atoms with Crippen LogP contribution >= 0.6 is 23.6 Å². The van der Waals surface area contributed by atoms with E-state index in [0.717, 1.165) is 49.3 Å². The molecule has 2 aromatic heterocycles. The van der Waals surface area contributed by atoms with Crippen molar-refractivity contribution in [2.75, 3.05) is 32.8 Å². The number of thiophene rings is 1. The van der Waals surface area contributed by atoms with Gasteiger partial charge in [0.15, 0.2) is 5.11 Å². The van der Waals surface area contributed by atoms with Gasteiger partial charge in [-0.15, -0.1) is 11.3 Å². The number of thiocarbonyl (C=S) groups is 1. The lowest BCUT2D eigenvalue weighted by Crippen LogP contribution is -2.40. The number of nitrogens with one attached hydrogen (secondary N) is 2. The second kappa shape index (κ2) is 12.7. The fourth-order valence-electron chi connectivity index (χ4n) is 3.75. The molecule has 2 N–H and O–H groups in total. The second-order valence-electron chi connectivity index (χ2n) is 7.85. The van der Waals surface area contributed by atoms with Gasteiger partial charge in [-0.3, -0.25) is 4.79 Å². The molecule has 2 heterocycles. The average Bonchev–Trinajstić information content (AvgIpc) is 3.32. The SMILES string of the molecule is CCOc1ccc2[nH]c(=O)c(CN(Cc3cccs3)C(=S)NCCCN(CC)CC)cc2c1. The molecule has 8 heteroatoms. The Morgan fingerprint density at radius 1 is 1.15 bits per heavy atom. The molecule has 0 aliphatic carbocycles. The standard InChI is InChI=1S/C25H34N4O2S2/c1-4-28(5-2)13-8-12-26-25(32)29(18-22-9-7-14-33-22)17-20-15-19-16-21(31-6-3)10-11-23(19)27-24(20)30/h7,9-11,14-16H,4-6,8,12-13,17-18H2,1-3H3,(H,26,32)(H,27,30). The lowest BCUT2D eigenvalue weighted by atomic mass is 10.1. The van der Waals surface area contributed by atoms with E-state index in [4.69, 9.17) is 17.0 Å². The summed E-state index contributed by atoms with van der Waals surface area (Å²) in [6.07, 6.45) is 1.02. The predicted octanol–water partition coefficient (Wildman–Crippen LogP) is 4.60. The predicted molar refractivity (Wildman–Crippen MR) is 142 cm³/mol. The number of aromatic nitrogens is 1. The van der Waals surface area contributed by atoms with E-state index in [1.165, 1.54) is 4.88 Å². The van der Waals surface area contributed by atoms with Crippen LogP contribution in [0.25, 0.3) is 10.9 Å². The number of hydrogen-bond donors (Lipinski definition) is 2. The third-order valence-corrected chi connectivity index (χ3v) is 6.86. The quantitative estimate of drug-likeness (QED) is 0.288. The highest BCUT2D eigenvalue weighted by Gasteiger charge is 2.15. The molecule has 1 aromatic carbocycles. The largest absolute Gasteiger partial charge is 0.494 e. The van der Waals surface area contributed by atoms with E-state index in [9.17, 15) is 4.79 Å². The Balaban J connectivity index is 1.75. The van der Waals surface area contributed by atoms with Crippen molar-refractivity contribution in [3.8, 4) is 5.75 Å². The van der Waals surface area contributed by atoms with E-state index in [0.29, 0.717) is 30.4 Å². The van der Waals surface area contributed by atoms with Gasteiger partial charge < -0.3 is 24.8 Å². The van der Waals surface area contributed by atoms with Crippen molar-refractivity contribution < 1.29 is 4.74 Å². The first-order valence-corrected chi connectivity index (χ1v) is 12.9. The first-order valence-electron chi connectivity index (χ1n) is 11.6. The van der Waals surface area contributed by atoms with Crippen LogP contribution in [-0.4, -0.2) is 52.7 Å². The van der Waals surface area contributed by atoms with Crippen molar-refractivity contribution in [3.05, 3.63) is 62.6 Å². The lowest BCUT2D eigenvalue weighted by Gasteiger charge is -2.26. The average molecular weight is 487 g/mol.